The van der Waals surface area contributed by atoms with E-state index >= 15 is 0 Å². The molecule has 0 fully saturated rings. The lowest BCUT2D eigenvalue weighted by Gasteiger charge is -2.22. The van der Waals surface area contributed by atoms with Crippen LogP contribution in [0.2, 0.25) is 0 Å². The molecule has 0 amide bonds. The van der Waals surface area contributed by atoms with E-state index in [9.17, 15) is 4.79 Å². The van der Waals surface area contributed by atoms with Crippen LogP contribution < -0.4 is 4.74 Å². The fourth-order valence-electron chi connectivity index (χ4n) is 2.60. The summed E-state index contributed by atoms with van der Waals surface area (Å²) in [7, 11) is 1.65. The van der Waals surface area contributed by atoms with Gasteiger partial charge in [-0.15, -0.1) is 0 Å². The molecule has 0 saturated carbocycles. The molecule has 2 heteroatoms. The Balaban J connectivity index is 2.71. The second-order valence-electron chi connectivity index (χ2n) is 6.68. The Morgan fingerprint density at radius 3 is 2.42 bits per heavy atom. The molecule has 0 aromatic heterocycles. The molecule has 0 aliphatic carbocycles. The van der Waals surface area contributed by atoms with E-state index in [-0.39, 0.29) is 11.2 Å². The van der Waals surface area contributed by atoms with Gasteiger partial charge in [0.2, 0.25) is 0 Å². The second kappa shape index (κ2) is 6.23. The van der Waals surface area contributed by atoms with E-state index in [0.717, 1.165) is 23.3 Å². The number of methoxy groups -OCH3 is 1. The van der Waals surface area contributed by atoms with Crippen LogP contribution >= 0.6 is 0 Å². The fraction of sp³-hybridized carbons (Fsp3) is 0.588. The first-order chi connectivity index (χ1) is 8.73. The molecule has 2 nitrogen and oxygen atoms in total. The number of Topliss-reactive ketones (excluding diaryl/α,β-unsaturated/α-hetero) is 1. The minimum atomic E-state index is 0.225. The number of ketones is 1. The van der Waals surface area contributed by atoms with Crippen molar-refractivity contribution in [2.45, 2.75) is 47.5 Å². The Morgan fingerprint density at radius 2 is 1.95 bits per heavy atom. The van der Waals surface area contributed by atoms with E-state index in [1.54, 1.807) is 7.11 Å². The van der Waals surface area contributed by atoms with Gasteiger partial charge in [0.1, 0.15) is 5.75 Å². The Hall–Kier alpha value is -1.31. The number of hydrogen-bond donors (Lipinski definition) is 0. The van der Waals surface area contributed by atoms with Gasteiger partial charge in [0.05, 0.1) is 7.11 Å². The van der Waals surface area contributed by atoms with Crippen molar-refractivity contribution in [3.05, 3.63) is 29.3 Å². The lowest BCUT2D eigenvalue weighted by Crippen LogP contribution is -2.14. The van der Waals surface area contributed by atoms with Gasteiger partial charge in [-0.05, 0) is 48.4 Å². The third-order valence-corrected chi connectivity index (χ3v) is 3.21. The maximum atomic E-state index is 12.3. The fourth-order valence-corrected chi connectivity index (χ4v) is 2.60. The minimum absolute atomic E-state index is 0.225. The van der Waals surface area contributed by atoms with E-state index < -0.39 is 0 Å². The summed E-state index contributed by atoms with van der Waals surface area (Å²) in [6.45, 7) is 10.8. The molecule has 0 spiro atoms. The average Bonchev–Trinajstić information content (AvgIpc) is 2.26. The maximum Gasteiger partial charge on any atom is 0.163 e. The molecule has 0 aliphatic heterocycles. The quantitative estimate of drug-likeness (QED) is 0.722. The summed E-state index contributed by atoms with van der Waals surface area (Å²) >= 11 is 0. The van der Waals surface area contributed by atoms with Gasteiger partial charge in [-0.3, -0.25) is 4.79 Å². The number of aryl methyl sites for hydroxylation is 1. The van der Waals surface area contributed by atoms with Crippen molar-refractivity contribution < 1.29 is 9.53 Å². The Kier molecular flexibility index (Phi) is 5.16. The lowest BCUT2D eigenvalue weighted by molar-refractivity contribution is 0.0954. The predicted octanol–water partition coefficient (Wildman–Crippen LogP) is 4.65. The summed E-state index contributed by atoms with van der Waals surface area (Å²) in [6, 6.07) is 5.65. The number of benzene rings is 1. The molecule has 0 saturated heterocycles. The van der Waals surface area contributed by atoms with Crippen molar-refractivity contribution in [2.24, 2.45) is 11.3 Å². The highest BCUT2D eigenvalue weighted by atomic mass is 16.5. The topological polar surface area (TPSA) is 26.3 Å². The van der Waals surface area contributed by atoms with Crippen molar-refractivity contribution >= 4 is 5.78 Å². The number of hydrogen-bond acceptors (Lipinski definition) is 2. The van der Waals surface area contributed by atoms with Crippen LogP contribution in [0.15, 0.2) is 18.2 Å². The number of ether oxygens (including phenoxy) is 1. The average molecular weight is 262 g/mol. The molecule has 0 bridgehead atoms. The predicted molar refractivity (Wildman–Crippen MR) is 79.9 cm³/mol. The standard InChI is InChI=1S/C17H26O2/c1-12(11-17(3,4)5)9-15(18)14-7-8-16(19-6)13(2)10-14/h7-8,10,12H,9,11H2,1-6H3. The van der Waals surface area contributed by atoms with Crippen LogP contribution in [0.4, 0.5) is 0 Å². The second-order valence-corrected chi connectivity index (χ2v) is 6.68. The summed E-state index contributed by atoms with van der Waals surface area (Å²) in [4.78, 5) is 12.3. The van der Waals surface area contributed by atoms with Gasteiger partial charge in [0.15, 0.2) is 5.78 Å². The summed E-state index contributed by atoms with van der Waals surface area (Å²) in [6.07, 6.45) is 1.68. The van der Waals surface area contributed by atoms with Gasteiger partial charge in [-0.25, -0.2) is 0 Å². The van der Waals surface area contributed by atoms with Gasteiger partial charge in [0.25, 0.3) is 0 Å². The van der Waals surface area contributed by atoms with Crippen LogP contribution in [0.3, 0.4) is 0 Å². The molecule has 1 unspecified atom stereocenters. The van der Waals surface area contributed by atoms with E-state index in [1.807, 2.05) is 25.1 Å². The number of rotatable bonds is 5. The first kappa shape index (κ1) is 15.7. The Labute approximate surface area is 117 Å². The zero-order chi connectivity index (χ0) is 14.6. The number of carbonyl (C=O) groups is 1. The summed E-state index contributed by atoms with van der Waals surface area (Å²) in [5.41, 5.74) is 2.08. The summed E-state index contributed by atoms with van der Waals surface area (Å²) < 4.78 is 5.22. The first-order valence-electron chi connectivity index (χ1n) is 6.91. The molecular formula is C17H26O2. The molecule has 1 rings (SSSR count). The van der Waals surface area contributed by atoms with Crippen LogP contribution in [-0.4, -0.2) is 12.9 Å². The van der Waals surface area contributed by atoms with Crippen LogP contribution in [0.5, 0.6) is 5.75 Å². The molecule has 1 aromatic rings. The van der Waals surface area contributed by atoms with Crippen molar-refractivity contribution in [1.82, 2.24) is 0 Å². The maximum absolute atomic E-state index is 12.3. The molecule has 19 heavy (non-hydrogen) atoms. The van der Waals surface area contributed by atoms with E-state index in [0.29, 0.717) is 12.3 Å². The van der Waals surface area contributed by atoms with Crippen molar-refractivity contribution in [3.63, 3.8) is 0 Å². The van der Waals surface area contributed by atoms with Crippen LogP contribution in [0.1, 0.15) is 56.5 Å². The zero-order valence-corrected chi connectivity index (χ0v) is 13.0. The van der Waals surface area contributed by atoms with Crippen molar-refractivity contribution in [3.8, 4) is 5.75 Å². The van der Waals surface area contributed by atoms with E-state index in [1.165, 1.54) is 0 Å². The highest BCUT2D eigenvalue weighted by molar-refractivity contribution is 5.96. The zero-order valence-electron chi connectivity index (χ0n) is 13.0. The van der Waals surface area contributed by atoms with Crippen molar-refractivity contribution in [2.75, 3.05) is 7.11 Å². The van der Waals surface area contributed by atoms with Crippen LogP contribution in [0, 0.1) is 18.3 Å². The third-order valence-electron chi connectivity index (χ3n) is 3.21. The van der Waals surface area contributed by atoms with Gasteiger partial charge < -0.3 is 4.74 Å². The van der Waals surface area contributed by atoms with Crippen LogP contribution in [0.25, 0.3) is 0 Å². The minimum Gasteiger partial charge on any atom is -0.496 e. The third kappa shape index (κ3) is 5.06. The smallest absolute Gasteiger partial charge is 0.163 e. The normalized spacial score (nSPS) is 13.2. The highest BCUT2D eigenvalue weighted by Gasteiger charge is 2.18. The van der Waals surface area contributed by atoms with E-state index in [4.69, 9.17) is 4.74 Å². The summed E-state index contributed by atoms with van der Waals surface area (Å²) in [5.74, 6) is 1.47. The van der Waals surface area contributed by atoms with Crippen LogP contribution in [-0.2, 0) is 0 Å². The largest absolute Gasteiger partial charge is 0.496 e. The lowest BCUT2D eigenvalue weighted by atomic mass is 9.83. The van der Waals surface area contributed by atoms with Gasteiger partial charge in [0, 0.05) is 12.0 Å². The molecule has 1 aromatic carbocycles. The molecule has 0 aliphatic rings. The number of carbonyl (C=O) groups excluding carboxylic acids is 1. The molecule has 0 radical (unpaired) electrons. The highest BCUT2D eigenvalue weighted by Crippen LogP contribution is 2.27. The summed E-state index contributed by atoms with van der Waals surface area (Å²) in [5, 5.41) is 0. The van der Waals surface area contributed by atoms with Gasteiger partial charge in [-0.1, -0.05) is 27.7 Å². The van der Waals surface area contributed by atoms with Gasteiger partial charge >= 0.3 is 0 Å². The van der Waals surface area contributed by atoms with Crippen molar-refractivity contribution in [1.29, 1.82) is 0 Å². The SMILES string of the molecule is COc1ccc(C(=O)CC(C)CC(C)(C)C)cc1C. The Bertz CT molecular complexity index is 441. The molecule has 106 valence electrons. The first-order valence-corrected chi connectivity index (χ1v) is 6.91. The van der Waals surface area contributed by atoms with Gasteiger partial charge in [-0.2, -0.15) is 0 Å². The van der Waals surface area contributed by atoms with E-state index in [2.05, 4.69) is 27.7 Å². The monoisotopic (exact) mass is 262 g/mol. The Morgan fingerprint density at radius 1 is 1.32 bits per heavy atom. The molecular weight excluding hydrogens is 236 g/mol. The molecule has 0 N–H and O–H groups in total. The molecule has 0 heterocycles. The molecule has 1 atom stereocenters.